The second-order valence-corrected chi connectivity index (χ2v) is 8.66. The number of ether oxygens (including phenoxy) is 1. The Balaban J connectivity index is 2.25. The molecule has 0 saturated carbocycles. The quantitative estimate of drug-likeness (QED) is 0.420. The Bertz CT molecular complexity index is 933. The summed E-state index contributed by atoms with van der Waals surface area (Å²) in [6.07, 6.45) is 2.33. The van der Waals surface area contributed by atoms with Crippen LogP contribution in [0.3, 0.4) is 0 Å². The topological polar surface area (TPSA) is 58.6 Å². The van der Waals surface area contributed by atoms with Gasteiger partial charge < -0.3 is 15.0 Å². The number of nitrogens with one attached hydrogen (secondary N) is 1. The summed E-state index contributed by atoms with van der Waals surface area (Å²) in [5.74, 6) is 0.198. The number of unbranched alkanes of at least 4 members (excludes halogenated alkanes) is 1. The van der Waals surface area contributed by atoms with Crippen LogP contribution in [0.1, 0.15) is 49.8 Å². The van der Waals surface area contributed by atoms with Crippen LogP contribution in [0.4, 0.5) is 0 Å². The van der Waals surface area contributed by atoms with Gasteiger partial charge in [0.25, 0.3) is 5.91 Å². The first-order valence-electron chi connectivity index (χ1n) is 11.0. The minimum absolute atomic E-state index is 0.172. The molecule has 0 unspecified atom stereocenters. The molecule has 0 aliphatic rings. The van der Waals surface area contributed by atoms with Gasteiger partial charge in [-0.1, -0.05) is 61.7 Å². The number of nitrogens with zero attached hydrogens (tertiary/aromatic N) is 1. The number of amides is 2. The van der Waals surface area contributed by atoms with Gasteiger partial charge in [-0.05, 0) is 61.6 Å². The van der Waals surface area contributed by atoms with Crippen LogP contribution in [0.15, 0.2) is 36.4 Å². The minimum Gasteiger partial charge on any atom is -0.483 e. The molecule has 1 atom stereocenters. The van der Waals surface area contributed by atoms with Crippen LogP contribution in [-0.2, 0) is 16.1 Å². The average molecular weight is 479 g/mol. The van der Waals surface area contributed by atoms with Crippen molar-refractivity contribution in [3.05, 3.63) is 63.1 Å². The number of rotatable bonds is 11. The van der Waals surface area contributed by atoms with Crippen molar-refractivity contribution in [3.63, 3.8) is 0 Å². The molecule has 0 fully saturated rings. The molecule has 0 aliphatic heterocycles. The number of hydrogen-bond donors (Lipinski definition) is 1. The van der Waals surface area contributed by atoms with E-state index in [1.54, 1.807) is 23.1 Å². The molecule has 2 rings (SSSR count). The van der Waals surface area contributed by atoms with Gasteiger partial charge in [0.05, 0.1) is 0 Å². The smallest absolute Gasteiger partial charge is 0.261 e. The highest BCUT2D eigenvalue weighted by Gasteiger charge is 2.29. The fourth-order valence-corrected chi connectivity index (χ4v) is 3.83. The maximum Gasteiger partial charge on any atom is 0.261 e. The maximum absolute atomic E-state index is 13.3. The zero-order valence-corrected chi connectivity index (χ0v) is 20.7. The predicted octanol–water partition coefficient (Wildman–Crippen LogP) is 5.71. The molecular weight excluding hydrogens is 447 g/mol. The van der Waals surface area contributed by atoms with E-state index in [2.05, 4.69) is 12.2 Å². The summed E-state index contributed by atoms with van der Waals surface area (Å²) in [5, 5.41) is 3.91. The molecule has 1 N–H and O–H groups in total. The number of benzene rings is 2. The van der Waals surface area contributed by atoms with Crippen LogP contribution in [0.25, 0.3) is 0 Å². The Morgan fingerprint density at radius 2 is 1.88 bits per heavy atom. The molecule has 0 bridgehead atoms. The number of aryl methyl sites for hydroxylation is 1. The fourth-order valence-electron chi connectivity index (χ4n) is 3.36. The molecule has 2 aromatic carbocycles. The van der Waals surface area contributed by atoms with Crippen LogP contribution >= 0.6 is 23.2 Å². The third kappa shape index (κ3) is 7.14. The van der Waals surface area contributed by atoms with Crippen molar-refractivity contribution in [2.75, 3.05) is 13.2 Å². The Kier molecular flexibility index (Phi) is 10.3. The zero-order chi connectivity index (χ0) is 23.7. The van der Waals surface area contributed by atoms with E-state index in [4.69, 9.17) is 27.9 Å². The van der Waals surface area contributed by atoms with Crippen LogP contribution < -0.4 is 10.1 Å². The zero-order valence-electron chi connectivity index (χ0n) is 19.2. The van der Waals surface area contributed by atoms with Crippen LogP contribution in [0.5, 0.6) is 5.75 Å². The van der Waals surface area contributed by atoms with Gasteiger partial charge >= 0.3 is 0 Å². The summed E-state index contributed by atoms with van der Waals surface area (Å²) in [6, 6.07) is 10.2. The first-order chi connectivity index (χ1) is 15.3. The monoisotopic (exact) mass is 478 g/mol. The second kappa shape index (κ2) is 12.7. The van der Waals surface area contributed by atoms with E-state index in [1.165, 1.54) is 0 Å². The number of hydrogen-bond acceptors (Lipinski definition) is 3. The lowest BCUT2D eigenvalue weighted by molar-refractivity contribution is -0.143. The van der Waals surface area contributed by atoms with Crippen LogP contribution in [-0.4, -0.2) is 35.9 Å². The highest BCUT2D eigenvalue weighted by atomic mass is 35.5. The van der Waals surface area contributed by atoms with E-state index < -0.39 is 6.04 Å². The van der Waals surface area contributed by atoms with E-state index in [-0.39, 0.29) is 25.0 Å². The van der Waals surface area contributed by atoms with Gasteiger partial charge in [0.15, 0.2) is 6.61 Å². The lowest BCUT2D eigenvalue weighted by Crippen LogP contribution is -2.50. The van der Waals surface area contributed by atoms with Gasteiger partial charge in [-0.15, -0.1) is 0 Å². The van der Waals surface area contributed by atoms with Crippen molar-refractivity contribution >= 4 is 35.0 Å². The van der Waals surface area contributed by atoms with Gasteiger partial charge in [0, 0.05) is 23.1 Å². The second-order valence-electron chi connectivity index (χ2n) is 7.81. The van der Waals surface area contributed by atoms with Gasteiger partial charge in [0.2, 0.25) is 5.91 Å². The fraction of sp³-hybridized carbons (Fsp3) is 0.440. The Morgan fingerprint density at radius 1 is 1.12 bits per heavy atom. The standard InChI is InChI=1S/C25H32Cl2N2O3/c1-5-7-13-28-25(31)22(6-2)29(15-19-11-12-20(26)14-21(19)27)24(30)16-32-23-10-8-9-17(3)18(23)4/h8-12,14,22H,5-7,13,15-16H2,1-4H3,(H,28,31)/t22-/m0/s1. The highest BCUT2D eigenvalue weighted by molar-refractivity contribution is 6.35. The molecule has 0 heterocycles. The van der Waals surface area contributed by atoms with E-state index in [0.29, 0.717) is 28.8 Å². The Labute approximate surface area is 201 Å². The van der Waals surface area contributed by atoms with Gasteiger partial charge in [0.1, 0.15) is 11.8 Å². The molecule has 0 spiro atoms. The Morgan fingerprint density at radius 3 is 2.53 bits per heavy atom. The van der Waals surface area contributed by atoms with E-state index in [9.17, 15) is 9.59 Å². The van der Waals surface area contributed by atoms with Crippen molar-refractivity contribution < 1.29 is 14.3 Å². The SMILES string of the molecule is CCCCNC(=O)[C@H](CC)N(Cc1ccc(Cl)cc1Cl)C(=O)COc1cccc(C)c1C. The third-order valence-electron chi connectivity index (χ3n) is 5.48. The number of carbonyl (C=O) groups is 2. The number of halogens is 2. The summed E-state index contributed by atoms with van der Waals surface area (Å²) in [4.78, 5) is 27.7. The normalized spacial score (nSPS) is 11.7. The summed E-state index contributed by atoms with van der Waals surface area (Å²) in [5.41, 5.74) is 2.79. The van der Waals surface area contributed by atoms with Crippen molar-refractivity contribution in [1.29, 1.82) is 0 Å². The largest absolute Gasteiger partial charge is 0.483 e. The molecule has 0 aromatic heterocycles. The van der Waals surface area contributed by atoms with Gasteiger partial charge in [-0.3, -0.25) is 9.59 Å². The lowest BCUT2D eigenvalue weighted by Gasteiger charge is -2.31. The minimum atomic E-state index is -0.631. The molecule has 0 radical (unpaired) electrons. The van der Waals surface area contributed by atoms with E-state index in [0.717, 1.165) is 29.5 Å². The molecule has 7 heteroatoms. The molecule has 0 saturated heterocycles. The van der Waals surface area contributed by atoms with Crippen LogP contribution in [0, 0.1) is 13.8 Å². The first-order valence-corrected chi connectivity index (χ1v) is 11.7. The molecule has 174 valence electrons. The number of carbonyl (C=O) groups excluding carboxylic acids is 2. The van der Waals surface area contributed by atoms with Gasteiger partial charge in [-0.2, -0.15) is 0 Å². The van der Waals surface area contributed by atoms with E-state index in [1.807, 2.05) is 39.0 Å². The van der Waals surface area contributed by atoms with Crippen molar-refractivity contribution in [1.82, 2.24) is 10.2 Å². The molecule has 32 heavy (non-hydrogen) atoms. The van der Waals surface area contributed by atoms with Crippen molar-refractivity contribution in [3.8, 4) is 5.75 Å². The summed E-state index contributed by atoms with van der Waals surface area (Å²) in [7, 11) is 0. The average Bonchev–Trinajstić information content (AvgIpc) is 2.76. The van der Waals surface area contributed by atoms with Crippen molar-refractivity contribution in [2.45, 2.75) is 59.5 Å². The molecule has 0 aliphatic carbocycles. The lowest BCUT2D eigenvalue weighted by atomic mass is 10.1. The first kappa shape index (κ1) is 26.0. The molecular formula is C25H32Cl2N2O3. The molecule has 5 nitrogen and oxygen atoms in total. The third-order valence-corrected chi connectivity index (χ3v) is 6.06. The van der Waals surface area contributed by atoms with Crippen LogP contribution in [0.2, 0.25) is 10.0 Å². The summed E-state index contributed by atoms with van der Waals surface area (Å²) in [6.45, 7) is 8.49. The molecule has 2 amide bonds. The van der Waals surface area contributed by atoms with Crippen molar-refractivity contribution in [2.24, 2.45) is 0 Å². The Hall–Kier alpha value is -2.24. The van der Waals surface area contributed by atoms with Gasteiger partial charge in [-0.25, -0.2) is 0 Å². The predicted molar refractivity (Wildman–Crippen MR) is 130 cm³/mol. The highest BCUT2D eigenvalue weighted by Crippen LogP contribution is 2.24. The molecule has 2 aromatic rings. The van der Waals surface area contributed by atoms with E-state index >= 15 is 0 Å². The maximum atomic E-state index is 13.3. The summed E-state index contributed by atoms with van der Waals surface area (Å²) < 4.78 is 5.84. The summed E-state index contributed by atoms with van der Waals surface area (Å²) >= 11 is 12.4.